The summed E-state index contributed by atoms with van der Waals surface area (Å²) in [6.07, 6.45) is 3.89. The lowest BCUT2D eigenvalue weighted by Crippen LogP contribution is -2.64. The van der Waals surface area contributed by atoms with Gasteiger partial charge in [0.2, 0.25) is 0 Å². The van der Waals surface area contributed by atoms with E-state index in [1.165, 1.54) is 19.3 Å². The minimum atomic E-state index is 0.142. The highest BCUT2D eigenvalue weighted by Crippen LogP contribution is 2.36. The van der Waals surface area contributed by atoms with Gasteiger partial charge in [-0.15, -0.1) is 0 Å². The van der Waals surface area contributed by atoms with Crippen LogP contribution in [0.3, 0.4) is 0 Å². The molecular formula is C13H28BN2. The SMILES string of the molecule is CC(C)(C)N[B]N1C(C)(C)CCCC1(C)C. The van der Waals surface area contributed by atoms with Gasteiger partial charge in [0.15, 0.2) is 0 Å². The Morgan fingerprint density at radius 1 is 1.00 bits per heavy atom. The molecule has 0 spiro atoms. The second-order valence-corrected chi connectivity index (χ2v) is 7.37. The van der Waals surface area contributed by atoms with Gasteiger partial charge in [-0.05, 0) is 67.7 Å². The van der Waals surface area contributed by atoms with Crippen molar-refractivity contribution in [2.45, 2.75) is 84.3 Å². The number of hydrogen-bond donors (Lipinski definition) is 1. The van der Waals surface area contributed by atoms with Crippen molar-refractivity contribution >= 4 is 7.55 Å². The van der Waals surface area contributed by atoms with Crippen LogP contribution in [0.1, 0.15) is 67.7 Å². The van der Waals surface area contributed by atoms with Crippen molar-refractivity contribution in [3.05, 3.63) is 0 Å². The van der Waals surface area contributed by atoms with Crippen molar-refractivity contribution in [1.29, 1.82) is 0 Å². The largest absolute Gasteiger partial charge is 0.341 e. The predicted molar refractivity (Wildman–Crippen MR) is 72.5 cm³/mol. The molecule has 0 aliphatic carbocycles. The third-order valence-corrected chi connectivity index (χ3v) is 3.51. The Kier molecular flexibility index (Phi) is 3.81. The second-order valence-electron chi connectivity index (χ2n) is 7.37. The maximum Gasteiger partial charge on any atom is 0.311 e. The van der Waals surface area contributed by atoms with Crippen molar-refractivity contribution < 1.29 is 0 Å². The van der Waals surface area contributed by atoms with Crippen molar-refractivity contribution in [1.82, 2.24) is 10.0 Å². The maximum absolute atomic E-state index is 3.50. The van der Waals surface area contributed by atoms with Crippen LogP contribution < -0.4 is 5.23 Å². The van der Waals surface area contributed by atoms with Gasteiger partial charge in [0.05, 0.1) is 0 Å². The van der Waals surface area contributed by atoms with E-state index < -0.39 is 0 Å². The zero-order chi connectivity index (χ0) is 12.6. The summed E-state index contributed by atoms with van der Waals surface area (Å²) in [5.74, 6) is 0. The third kappa shape index (κ3) is 3.49. The standard InChI is InChI=1S/C13H28BN2/c1-11(2,3)15-14-16-12(4,5)9-8-10-13(16,6)7/h15H,8-10H2,1-7H3. The first-order valence-corrected chi connectivity index (χ1v) is 6.45. The van der Waals surface area contributed by atoms with Crippen LogP contribution >= 0.6 is 0 Å². The van der Waals surface area contributed by atoms with E-state index in [9.17, 15) is 0 Å². The minimum absolute atomic E-state index is 0.142. The summed E-state index contributed by atoms with van der Waals surface area (Å²) in [4.78, 5) is 2.51. The molecule has 0 saturated carbocycles. The molecule has 1 rings (SSSR count). The monoisotopic (exact) mass is 223 g/mol. The number of hydrogen-bond acceptors (Lipinski definition) is 2. The Balaban J connectivity index is 2.72. The molecule has 0 unspecified atom stereocenters. The summed E-state index contributed by atoms with van der Waals surface area (Å²) in [5, 5.41) is 3.50. The van der Waals surface area contributed by atoms with E-state index in [2.05, 4.69) is 66.1 Å². The van der Waals surface area contributed by atoms with Crippen LogP contribution in [0.5, 0.6) is 0 Å². The van der Waals surface area contributed by atoms with Crippen LogP contribution in [-0.4, -0.2) is 29.0 Å². The van der Waals surface area contributed by atoms with Gasteiger partial charge in [-0.1, -0.05) is 0 Å². The van der Waals surface area contributed by atoms with Gasteiger partial charge in [0.25, 0.3) is 0 Å². The van der Waals surface area contributed by atoms with Gasteiger partial charge in [-0.2, -0.15) is 0 Å². The summed E-state index contributed by atoms with van der Waals surface area (Å²) in [7, 11) is 2.21. The van der Waals surface area contributed by atoms with Crippen LogP contribution in [0.15, 0.2) is 0 Å². The maximum atomic E-state index is 3.50. The lowest BCUT2D eigenvalue weighted by atomic mass is 9.74. The summed E-state index contributed by atoms with van der Waals surface area (Å²) in [6, 6.07) is 0. The first-order valence-electron chi connectivity index (χ1n) is 6.45. The lowest BCUT2D eigenvalue weighted by Gasteiger charge is -2.53. The van der Waals surface area contributed by atoms with E-state index in [1.54, 1.807) is 0 Å². The van der Waals surface area contributed by atoms with Crippen LogP contribution in [0.4, 0.5) is 0 Å². The number of nitrogens with zero attached hydrogens (tertiary/aromatic N) is 1. The highest BCUT2D eigenvalue weighted by atomic mass is 15.2. The molecule has 1 saturated heterocycles. The van der Waals surface area contributed by atoms with Gasteiger partial charge in [-0.3, -0.25) is 0 Å². The zero-order valence-electron chi connectivity index (χ0n) is 12.1. The minimum Gasteiger partial charge on any atom is -0.341 e. The molecule has 0 aromatic rings. The average Bonchev–Trinajstić information content (AvgIpc) is 1.97. The van der Waals surface area contributed by atoms with Gasteiger partial charge < -0.3 is 10.0 Å². The molecular weight excluding hydrogens is 195 g/mol. The first-order chi connectivity index (χ1) is 7.05. The highest BCUT2D eigenvalue weighted by molar-refractivity contribution is 6.29. The van der Waals surface area contributed by atoms with E-state index in [4.69, 9.17) is 0 Å². The van der Waals surface area contributed by atoms with E-state index in [1.807, 2.05) is 0 Å². The van der Waals surface area contributed by atoms with Gasteiger partial charge in [-0.25, -0.2) is 0 Å². The van der Waals surface area contributed by atoms with Crippen LogP contribution in [0.25, 0.3) is 0 Å². The topological polar surface area (TPSA) is 15.3 Å². The van der Waals surface area contributed by atoms with E-state index in [-0.39, 0.29) is 16.6 Å². The third-order valence-electron chi connectivity index (χ3n) is 3.51. The lowest BCUT2D eigenvalue weighted by molar-refractivity contribution is 0.0506. The number of piperidine rings is 1. The highest BCUT2D eigenvalue weighted by Gasteiger charge is 2.41. The smallest absolute Gasteiger partial charge is 0.311 e. The predicted octanol–water partition coefficient (Wildman–Crippen LogP) is 2.95. The average molecular weight is 223 g/mol. The fourth-order valence-corrected chi connectivity index (χ4v) is 2.62. The van der Waals surface area contributed by atoms with E-state index in [0.29, 0.717) is 0 Å². The Morgan fingerprint density at radius 3 is 1.81 bits per heavy atom. The quantitative estimate of drug-likeness (QED) is 0.724. The van der Waals surface area contributed by atoms with Crippen molar-refractivity contribution in [3.63, 3.8) is 0 Å². The summed E-state index contributed by atoms with van der Waals surface area (Å²) in [6.45, 7) is 16.0. The summed E-state index contributed by atoms with van der Waals surface area (Å²) < 4.78 is 0. The molecule has 2 nitrogen and oxygen atoms in total. The second kappa shape index (κ2) is 4.34. The van der Waals surface area contributed by atoms with Gasteiger partial charge in [0.1, 0.15) is 0 Å². The fourth-order valence-electron chi connectivity index (χ4n) is 2.62. The van der Waals surface area contributed by atoms with Crippen molar-refractivity contribution in [3.8, 4) is 0 Å². The molecule has 1 aliphatic rings. The molecule has 1 aliphatic heterocycles. The molecule has 1 fully saturated rings. The van der Waals surface area contributed by atoms with Gasteiger partial charge in [0, 0.05) is 16.6 Å². The molecule has 3 heteroatoms. The van der Waals surface area contributed by atoms with Crippen molar-refractivity contribution in [2.75, 3.05) is 0 Å². The molecule has 0 amide bonds. The molecule has 1 radical (unpaired) electrons. The van der Waals surface area contributed by atoms with Gasteiger partial charge >= 0.3 is 7.55 Å². The number of rotatable bonds is 2. The molecule has 1 heterocycles. The summed E-state index contributed by atoms with van der Waals surface area (Å²) >= 11 is 0. The van der Waals surface area contributed by atoms with Crippen LogP contribution in [0.2, 0.25) is 0 Å². The normalized spacial score (nSPS) is 25.4. The molecule has 0 atom stereocenters. The van der Waals surface area contributed by atoms with Crippen LogP contribution in [-0.2, 0) is 0 Å². The molecule has 0 aromatic heterocycles. The molecule has 93 valence electrons. The van der Waals surface area contributed by atoms with Crippen molar-refractivity contribution in [2.24, 2.45) is 0 Å². The molecule has 16 heavy (non-hydrogen) atoms. The molecule has 0 bridgehead atoms. The Bertz CT molecular complexity index is 225. The Morgan fingerprint density at radius 2 is 1.44 bits per heavy atom. The zero-order valence-corrected chi connectivity index (χ0v) is 12.1. The molecule has 1 N–H and O–H groups in total. The summed E-state index contributed by atoms with van der Waals surface area (Å²) in [5.41, 5.74) is 0.670. The van der Waals surface area contributed by atoms with Crippen LogP contribution in [0, 0.1) is 0 Å². The first kappa shape index (κ1) is 14.0. The fraction of sp³-hybridized carbons (Fsp3) is 1.00. The number of nitrogens with one attached hydrogen (secondary N) is 1. The molecule has 0 aromatic carbocycles. The van der Waals surface area contributed by atoms with E-state index in [0.717, 1.165) is 0 Å². The Hall–Kier alpha value is -0.0151. The Labute approximate surface area is 102 Å². The van der Waals surface area contributed by atoms with E-state index >= 15 is 0 Å².